The van der Waals surface area contributed by atoms with Crippen molar-refractivity contribution in [3.8, 4) is 0 Å². The van der Waals surface area contributed by atoms with Crippen molar-refractivity contribution in [2.45, 2.75) is 37.8 Å². The minimum atomic E-state index is -3.25. The lowest BCUT2D eigenvalue weighted by molar-refractivity contribution is -0.0308. The van der Waals surface area contributed by atoms with Crippen LogP contribution >= 0.6 is 11.8 Å². The summed E-state index contributed by atoms with van der Waals surface area (Å²) in [5, 5.41) is -0.331. The van der Waals surface area contributed by atoms with Gasteiger partial charge in [-0.2, -0.15) is 0 Å². The largest absolute Gasteiger partial charge is 0.282 e. The van der Waals surface area contributed by atoms with Crippen LogP contribution in [0.25, 0.3) is 0 Å². The van der Waals surface area contributed by atoms with Crippen molar-refractivity contribution in [3.05, 3.63) is 35.9 Å². The van der Waals surface area contributed by atoms with Gasteiger partial charge in [0.2, 0.25) is 11.0 Å². The van der Waals surface area contributed by atoms with Gasteiger partial charge in [0.15, 0.2) is 6.17 Å². The molecule has 1 nitrogen and oxygen atoms in total. The number of carbonyl (C=O) groups excluding carboxylic acids is 1. The van der Waals surface area contributed by atoms with Crippen LogP contribution in [0.3, 0.4) is 0 Å². The molecule has 0 aliphatic carbocycles. The predicted molar refractivity (Wildman–Crippen MR) is 72.9 cm³/mol. The van der Waals surface area contributed by atoms with Gasteiger partial charge in [0.05, 0.1) is 0 Å². The summed E-state index contributed by atoms with van der Waals surface area (Å²) in [7, 11) is 0. The highest BCUT2D eigenvalue weighted by atomic mass is 32.2. The fourth-order valence-corrected chi connectivity index (χ4v) is 2.44. The molecule has 1 unspecified atom stereocenters. The Labute approximate surface area is 123 Å². The first kappa shape index (κ1) is 17.9. The lowest BCUT2D eigenvalue weighted by Crippen LogP contribution is -2.22. The summed E-state index contributed by atoms with van der Waals surface area (Å²) < 4.78 is 63.1. The van der Waals surface area contributed by atoms with Gasteiger partial charge in [0.1, 0.15) is 0 Å². The van der Waals surface area contributed by atoms with Crippen molar-refractivity contribution in [1.82, 2.24) is 0 Å². The average Bonchev–Trinajstić information content (AvgIpc) is 2.45. The van der Waals surface area contributed by atoms with Crippen LogP contribution in [0, 0.1) is 0 Å². The molecule has 0 heterocycles. The molecular weight excluding hydrogens is 311 g/mol. The van der Waals surface area contributed by atoms with Gasteiger partial charge in [-0.05, 0) is 6.42 Å². The molecule has 0 aromatic heterocycles. The second kappa shape index (κ2) is 8.36. The molecule has 0 amide bonds. The first-order chi connectivity index (χ1) is 9.82. The molecule has 0 saturated heterocycles. The molecule has 0 radical (unpaired) electrons. The number of carbonyl (C=O) groups is 1. The van der Waals surface area contributed by atoms with Crippen LogP contribution in [0.4, 0.5) is 22.0 Å². The summed E-state index contributed by atoms with van der Waals surface area (Å²) in [6.07, 6.45) is -8.25. The Bertz CT molecular complexity index is 438. The highest BCUT2D eigenvalue weighted by molar-refractivity contribution is 8.14. The van der Waals surface area contributed by atoms with E-state index in [1.54, 1.807) is 30.3 Å². The summed E-state index contributed by atoms with van der Waals surface area (Å²) in [5.41, 5.74) is 0.410. The van der Waals surface area contributed by atoms with Crippen molar-refractivity contribution in [3.63, 3.8) is 0 Å². The Balaban J connectivity index is 2.32. The van der Waals surface area contributed by atoms with E-state index >= 15 is 0 Å². The van der Waals surface area contributed by atoms with Gasteiger partial charge in [-0.25, -0.2) is 22.0 Å². The van der Waals surface area contributed by atoms with Crippen molar-refractivity contribution < 1.29 is 26.7 Å². The molecule has 0 fully saturated rings. The molecular formula is C14H15F5OS. The van der Waals surface area contributed by atoms with E-state index in [0.717, 1.165) is 11.8 Å². The van der Waals surface area contributed by atoms with Gasteiger partial charge in [0, 0.05) is 24.2 Å². The Morgan fingerprint density at radius 1 is 1.10 bits per heavy atom. The van der Waals surface area contributed by atoms with Gasteiger partial charge in [-0.3, -0.25) is 4.79 Å². The van der Waals surface area contributed by atoms with Gasteiger partial charge in [-0.1, -0.05) is 42.1 Å². The van der Waals surface area contributed by atoms with E-state index in [1.165, 1.54) is 0 Å². The fraction of sp³-hybridized carbons (Fsp3) is 0.500. The van der Waals surface area contributed by atoms with Gasteiger partial charge < -0.3 is 0 Å². The Morgan fingerprint density at radius 2 is 1.71 bits per heavy atom. The lowest BCUT2D eigenvalue weighted by Gasteiger charge is -2.16. The first-order valence-electron chi connectivity index (χ1n) is 6.34. The summed E-state index contributed by atoms with van der Waals surface area (Å²) in [5.74, 6) is -3.39. The SMILES string of the molecule is O=C(SCCC(F)(F)CCC(F)C(F)F)c1ccccc1. The quantitative estimate of drug-likeness (QED) is 0.628. The molecule has 118 valence electrons. The summed E-state index contributed by atoms with van der Waals surface area (Å²) in [6, 6.07) is 8.20. The third-order valence-corrected chi connectivity index (χ3v) is 3.68. The Hall–Kier alpha value is -1.11. The van der Waals surface area contributed by atoms with E-state index in [4.69, 9.17) is 0 Å². The Kier molecular flexibility index (Phi) is 7.14. The van der Waals surface area contributed by atoms with E-state index in [-0.39, 0.29) is 10.9 Å². The molecule has 0 saturated carbocycles. The highest BCUT2D eigenvalue weighted by Gasteiger charge is 2.31. The second-order valence-electron chi connectivity index (χ2n) is 4.50. The summed E-state index contributed by atoms with van der Waals surface area (Å²) in [4.78, 5) is 11.6. The lowest BCUT2D eigenvalue weighted by atomic mass is 10.1. The van der Waals surface area contributed by atoms with Crippen LogP contribution in [0.15, 0.2) is 30.3 Å². The number of halogens is 5. The highest BCUT2D eigenvalue weighted by Crippen LogP contribution is 2.29. The van der Waals surface area contributed by atoms with Gasteiger partial charge in [0.25, 0.3) is 6.43 Å². The van der Waals surface area contributed by atoms with Crippen LogP contribution in [0.1, 0.15) is 29.6 Å². The van der Waals surface area contributed by atoms with E-state index in [0.29, 0.717) is 5.56 Å². The van der Waals surface area contributed by atoms with Crippen molar-refractivity contribution in [1.29, 1.82) is 0 Å². The average molecular weight is 326 g/mol. The maximum absolute atomic E-state index is 13.4. The number of rotatable bonds is 8. The summed E-state index contributed by atoms with van der Waals surface area (Å²) in [6.45, 7) is 0. The third kappa shape index (κ3) is 6.93. The Morgan fingerprint density at radius 3 is 2.29 bits per heavy atom. The van der Waals surface area contributed by atoms with Crippen LogP contribution in [0.2, 0.25) is 0 Å². The third-order valence-electron chi connectivity index (χ3n) is 2.77. The smallest absolute Gasteiger partial charge is 0.269 e. The van der Waals surface area contributed by atoms with Crippen LogP contribution in [-0.2, 0) is 0 Å². The van der Waals surface area contributed by atoms with E-state index < -0.39 is 37.8 Å². The topological polar surface area (TPSA) is 17.1 Å². The fourth-order valence-electron chi connectivity index (χ4n) is 1.55. The number of hydrogen-bond donors (Lipinski definition) is 0. The van der Waals surface area contributed by atoms with E-state index in [1.807, 2.05) is 0 Å². The number of benzene rings is 1. The molecule has 0 aliphatic rings. The minimum Gasteiger partial charge on any atom is -0.282 e. The van der Waals surface area contributed by atoms with E-state index in [9.17, 15) is 26.7 Å². The molecule has 21 heavy (non-hydrogen) atoms. The number of alkyl halides is 5. The molecule has 1 aromatic carbocycles. The van der Waals surface area contributed by atoms with Crippen LogP contribution in [0.5, 0.6) is 0 Å². The zero-order valence-corrected chi connectivity index (χ0v) is 11.9. The normalized spacial score (nSPS) is 13.4. The van der Waals surface area contributed by atoms with Crippen molar-refractivity contribution in [2.24, 2.45) is 0 Å². The van der Waals surface area contributed by atoms with Crippen LogP contribution in [-0.4, -0.2) is 29.4 Å². The molecule has 1 rings (SSSR count). The number of thioether (sulfide) groups is 1. The molecule has 0 bridgehead atoms. The molecule has 7 heteroatoms. The monoisotopic (exact) mass is 326 g/mol. The molecule has 0 N–H and O–H groups in total. The second-order valence-corrected chi connectivity index (χ2v) is 5.56. The van der Waals surface area contributed by atoms with E-state index in [2.05, 4.69) is 0 Å². The standard InChI is InChI=1S/C14H15F5OS/c15-11(12(16)17)6-7-14(18,19)8-9-21-13(20)10-4-2-1-3-5-10/h1-5,11-12H,6-9H2. The zero-order chi connectivity index (χ0) is 15.9. The van der Waals surface area contributed by atoms with Crippen LogP contribution < -0.4 is 0 Å². The number of hydrogen-bond acceptors (Lipinski definition) is 2. The predicted octanol–water partition coefficient (Wildman–Crippen LogP) is 4.97. The maximum atomic E-state index is 13.4. The molecule has 1 atom stereocenters. The minimum absolute atomic E-state index is 0.146. The zero-order valence-electron chi connectivity index (χ0n) is 11.1. The molecule has 0 aliphatic heterocycles. The van der Waals surface area contributed by atoms with Crippen molar-refractivity contribution >= 4 is 16.9 Å². The first-order valence-corrected chi connectivity index (χ1v) is 7.32. The summed E-state index contributed by atoms with van der Waals surface area (Å²) >= 11 is 0.736. The van der Waals surface area contributed by atoms with Crippen molar-refractivity contribution in [2.75, 3.05) is 5.75 Å². The molecule has 1 aromatic rings. The van der Waals surface area contributed by atoms with Gasteiger partial charge >= 0.3 is 0 Å². The molecule has 0 spiro atoms. The van der Waals surface area contributed by atoms with Gasteiger partial charge in [-0.15, -0.1) is 0 Å². The maximum Gasteiger partial charge on any atom is 0.269 e.